The van der Waals surface area contributed by atoms with E-state index in [4.69, 9.17) is 15.1 Å². The van der Waals surface area contributed by atoms with Gasteiger partial charge in [-0.15, -0.1) is 5.10 Å². The molecule has 0 bridgehead atoms. The summed E-state index contributed by atoms with van der Waals surface area (Å²) in [5.41, 5.74) is 2.66. The van der Waals surface area contributed by atoms with Gasteiger partial charge < -0.3 is 5.11 Å². The van der Waals surface area contributed by atoms with Crippen LogP contribution in [-0.2, 0) is 6.42 Å². The molecule has 5 nitrogen and oxygen atoms in total. The molecule has 0 aliphatic carbocycles. The molecule has 0 amide bonds. The molecule has 2 aromatic carbocycles. The summed E-state index contributed by atoms with van der Waals surface area (Å²) in [6, 6.07) is 15.0. The first-order valence-electron chi connectivity index (χ1n) is 8.70. The summed E-state index contributed by atoms with van der Waals surface area (Å²) in [7, 11) is 0. The summed E-state index contributed by atoms with van der Waals surface area (Å²) in [5, 5.41) is 15.2. The molecule has 0 aliphatic rings. The minimum Gasteiger partial charge on any atom is -0.508 e. The van der Waals surface area contributed by atoms with Crippen LogP contribution in [0.15, 0.2) is 48.5 Å². The maximum atomic E-state index is 9.49. The third kappa shape index (κ3) is 2.93. The topological polar surface area (TPSA) is 63.3 Å². The van der Waals surface area contributed by atoms with Gasteiger partial charge in [0.05, 0.1) is 5.52 Å². The lowest BCUT2D eigenvalue weighted by atomic mass is 10.2. The molecular weight excluding hydrogens is 312 g/mol. The predicted octanol–water partition coefficient (Wildman–Crippen LogP) is 4.38. The maximum absolute atomic E-state index is 9.49. The van der Waals surface area contributed by atoms with Crippen molar-refractivity contribution in [2.24, 2.45) is 0 Å². The summed E-state index contributed by atoms with van der Waals surface area (Å²) in [6.45, 7) is 2.20. The molecular formula is C20H20N4O. The van der Waals surface area contributed by atoms with Gasteiger partial charge in [0.1, 0.15) is 11.6 Å². The van der Waals surface area contributed by atoms with Crippen LogP contribution in [0.25, 0.3) is 27.9 Å². The standard InChI is InChI=1S/C20H20N4O/c1-2-3-4-9-18-21-17-8-6-5-7-16(17)20-22-19(23-24(18)20)14-10-12-15(25)13-11-14/h5-8,10-13,25H,2-4,9H2,1H3. The second-order valence-electron chi connectivity index (χ2n) is 6.22. The van der Waals surface area contributed by atoms with Crippen molar-refractivity contribution in [3.63, 3.8) is 0 Å². The van der Waals surface area contributed by atoms with E-state index in [1.54, 1.807) is 12.1 Å². The highest BCUT2D eigenvalue weighted by Gasteiger charge is 2.14. The van der Waals surface area contributed by atoms with E-state index >= 15 is 0 Å². The van der Waals surface area contributed by atoms with E-state index in [-0.39, 0.29) is 5.75 Å². The summed E-state index contributed by atoms with van der Waals surface area (Å²) >= 11 is 0. The molecule has 4 aromatic rings. The number of hydrogen-bond acceptors (Lipinski definition) is 4. The first kappa shape index (κ1) is 15.6. The van der Waals surface area contributed by atoms with Crippen LogP contribution in [0.4, 0.5) is 0 Å². The van der Waals surface area contributed by atoms with Crippen LogP contribution in [0.3, 0.4) is 0 Å². The van der Waals surface area contributed by atoms with Crippen molar-refractivity contribution in [1.82, 2.24) is 19.6 Å². The zero-order chi connectivity index (χ0) is 17.2. The van der Waals surface area contributed by atoms with Crippen molar-refractivity contribution in [2.45, 2.75) is 32.6 Å². The smallest absolute Gasteiger partial charge is 0.182 e. The largest absolute Gasteiger partial charge is 0.508 e. The van der Waals surface area contributed by atoms with Gasteiger partial charge in [-0.25, -0.2) is 9.97 Å². The van der Waals surface area contributed by atoms with Gasteiger partial charge in [0.25, 0.3) is 0 Å². The van der Waals surface area contributed by atoms with Crippen molar-refractivity contribution in [3.8, 4) is 17.1 Å². The second-order valence-corrected chi connectivity index (χ2v) is 6.22. The Kier molecular flexibility index (Phi) is 4.06. The van der Waals surface area contributed by atoms with Gasteiger partial charge in [-0.05, 0) is 42.8 Å². The van der Waals surface area contributed by atoms with Crippen molar-refractivity contribution in [3.05, 3.63) is 54.4 Å². The highest BCUT2D eigenvalue weighted by Crippen LogP contribution is 2.24. The van der Waals surface area contributed by atoms with Crippen LogP contribution in [0, 0.1) is 0 Å². The Morgan fingerprint density at radius 1 is 0.960 bits per heavy atom. The molecule has 4 rings (SSSR count). The molecule has 2 aromatic heterocycles. The first-order chi connectivity index (χ1) is 12.3. The molecule has 0 radical (unpaired) electrons. The third-order valence-corrected chi connectivity index (χ3v) is 4.38. The van der Waals surface area contributed by atoms with Crippen molar-refractivity contribution in [1.29, 1.82) is 0 Å². The summed E-state index contributed by atoms with van der Waals surface area (Å²) < 4.78 is 1.88. The monoisotopic (exact) mass is 332 g/mol. The number of phenolic OH excluding ortho intramolecular Hbond substituents is 1. The lowest BCUT2D eigenvalue weighted by Gasteiger charge is -2.06. The highest BCUT2D eigenvalue weighted by atomic mass is 16.3. The molecule has 25 heavy (non-hydrogen) atoms. The van der Waals surface area contributed by atoms with Crippen LogP contribution in [-0.4, -0.2) is 24.7 Å². The molecule has 0 aliphatic heterocycles. The van der Waals surface area contributed by atoms with Crippen LogP contribution >= 0.6 is 0 Å². The molecule has 0 spiro atoms. The summed E-state index contributed by atoms with van der Waals surface area (Å²) in [5.74, 6) is 1.83. The number of aryl methyl sites for hydroxylation is 1. The molecule has 2 heterocycles. The fourth-order valence-corrected chi connectivity index (χ4v) is 3.04. The van der Waals surface area contributed by atoms with E-state index in [1.807, 2.05) is 40.9 Å². The Balaban J connectivity index is 1.89. The number of unbranched alkanes of at least 4 members (excludes halogenated alkanes) is 2. The number of phenols is 1. The fourth-order valence-electron chi connectivity index (χ4n) is 3.04. The van der Waals surface area contributed by atoms with E-state index in [0.717, 1.165) is 40.8 Å². The van der Waals surface area contributed by atoms with Gasteiger partial charge >= 0.3 is 0 Å². The van der Waals surface area contributed by atoms with E-state index in [9.17, 15) is 5.11 Å². The number of fused-ring (bicyclic) bond motifs is 3. The molecule has 126 valence electrons. The Morgan fingerprint density at radius 2 is 1.76 bits per heavy atom. The second kappa shape index (κ2) is 6.51. The normalized spacial score (nSPS) is 11.4. The SMILES string of the molecule is CCCCCc1nc2ccccc2c2nc(-c3ccc(O)cc3)nn12. The number of aromatic nitrogens is 4. The molecule has 5 heteroatoms. The van der Waals surface area contributed by atoms with Gasteiger partial charge in [0.2, 0.25) is 0 Å². The van der Waals surface area contributed by atoms with Crippen LogP contribution in [0.1, 0.15) is 32.0 Å². The molecule has 0 saturated heterocycles. The average Bonchev–Trinajstić information content (AvgIpc) is 3.08. The summed E-state index contributed by atoms with van der Waals surface area (Å²) in [4.78, 5) is 9.58. The number of rotatable bonds is 5. The maximum Gasteiger partial charge on any atom is 0.182 e. The minimum absolute atomic E-state index is 0.236. The average molecular weight is 332 g/mol. The zero-order valence-corrected chi connectivity index (χ0v) is 14.2. The lowest BCUT2D eigenvalue weighted by molar-refractivity contribution is 0.475. The minimum atomic E-state index is 0.236. The van der Waals surface area contributed by atoms with Gasteiger partial charge in [-0.1, -0.05) is 31.9 Å². The highest BCUT2D eigenvalue weighted by molar-refractivity contribution is 5.91. The Labute approximate surface area is 146 Å². The first-order valence-corrected chi connectivity index (χ1v) is 8.70. The number of para-hydroxylation sites is 1. The fraction of sp³-hybridized carbons (Fsp3) is 0.250. The Bertz CT molecular complexity index is 1020. The summed E-state index contributed by atoms with van der Waals surface area (Å²) in [6.07, 6.45) is 4.32. The van der Waals surface area contributed by atoms with Crippen molar-refractivity contribution in [2.75, 3.05) is 0 Å². The molecule has 0 unspecified atom stereocenters. The molecule has 0 atom stereocenters. The van der Waals surface area contributed by atoms with E-state index in [2.05, 4.69) is 6.92 Å². The van der Waals surface area contributed by atoms with Crippen LogP contribution < -0.4 is 0 Å². The van der Waals surface area contributed by atoms with Crippen LogP contribution in [0.5, 0.6) is 5.75 Å². The molecule has 0 saturated carbocycles. The molecule has 0 fully saturated rings. The van der Waals surface area contributed by atoms with Gasteiger partial charge in [-0.3, -0.25) is 0 Å². The Morgan fingerprint density at radius 3 is 2.56 bits per heavy atom. The quantitative estimate of drug-likeness (QED) is 0.551. The zero-order valence-electron chi connectivity index (χ0n) is 14.2. The van der Waals surface area contributed by atoms with E-state index in [1.165, 1.54) is 12.8 Å². The number of benzene rings is 2. The van der Waals surface area contributed by atoms with Crippen molar-refractivity contribution < 1.29 is 5.11 Å². The molecule has 1 N–H and O–H groups in total. The van der Waals surface area contributed by atoms with Gasteiger partial charge in [0.15, 0.2) is 11.5 Å². The van der Waals surface area contributed by atoms with Crippen LogP contribution in [0.2, 0.25) is 0 Å². The lowest BCUT2D eigenvalue weighted by Crippen LogP contribution is -2.03. The van der Waals surface area contributed by atoms with E-state index < -0.39 is 0 Å². The van der Waals surface area contributed by atoms with Gasteiger partial charge in [0, 0.05) is 17.4 Å². The Hall–Kier alpha value is -2.95. The predicted molar refractivity (Wildman–Crippen MR) is 98.6 cm³/mol. The number of hydrogen-bond donors (Lipinski definition) is 1. The van der Waals surface area contributed by atoms with Gasteiger partial charge in [-0.2, -0.15) is 4.52 Å². The van der Waals surface area contributed by atoms with Crippen molar-refractivity contribution >= 4 is 16.6 Å². The third-order valence-electron chi connectivity index (χ3n) is 4.38. The number of aromatic hydroxyl groups is 1. The van der Waals surface area contributed by atoms with E-state index in [0.29, 0.717) is 5.82 Å². The number of nitrogens with zero attached hydrogens (tertiary/aromatic N) is 4.